The van der Waals surface area contributed by atoms with Crippen molar-refractivity contribution in [3.05, 3.63) is 63.4 Å². The number of carbonyl (C=O) groups is 1. The second-order valence-corrected chi connectivity index (χ2v) is 5.26. The highest BCUT2D eigenvalue weighted by molar-refractivity contribution is 9.10. The van der Waals surface area contributed by atoms with Crippen LogP contribution in [0.4, 0.5) is 10.1 Å². The van der Waals surface area contributed by atoms with E-state index in [-0.39, 0.29) is 5.56 Å². The number of aryl methyl sites for hydroxylation is 2. The molecule has 2 nitrogen and oxygen atoms in total. The molecule has 0 heterocycles. The smallest absolute Gasteiger partial charge is 0.258 e. The van der Waals surface area contributed by atoms with Gasteiger partial charge in [0.25, 0.3) is 5.91 Å². The molecule has 0 spiro atoms. The Balaban J connectivity index is 2.25. The predicted molar refractivity (Wildman–Crippen MR) is 78.0 cm³/mol. The van der Waals surface area contributed by atoms with Gasteiger partial charge in [-0.2, -0.15) is 0 Å². The van der Waals surface area contributed by atoms with Gasteiger partial charge in [0.1, 0.15) is 5.82 Å². The van der Waals surface area contributed by atoms with E-state index in [9.17, 15) is 9.18 Å². The molecule has 0 aliphatic rings. The van der Waals surface area contributed by atoms with E-state index in [1.54, 1.807) is 12.1 Å². The highest BCUT2D eigenvalue weighted by Crippen LogP contribution is 2.21. The molecule has 0 atom stereocenters. The molecule has 2 rings (SSSR count). The summed E-state index contributed by atoms with van der Waals surface area (Å²) in [5.41, 5.74) is 2.55. The lowest BCUT2D eigenvalue weighted by atomic mass is 10.1. The van der Waals surface area contributed by atoms with Gasteiger partial charge < -0.3 is 5.32 Å². The fourth-order valence-corrected chi connectivity index (χ4v) is 1.98. The second kappa shape index (κ2) is 5.53. The van der Waals surface area contributed by atoms with Crippen molar-refractivity contribution in [2.75, 3.05) is 5.32 Å². The van der Waals surface area contributed by atoms with Crippen molar-refractivity contribution in [2.24, 2.45) is 0 Å². The quantitative estimate of drug-likeness (QED) is 0.869. The number of amides is 1. The van der Waals surface area contributed by atoms with Crippen molar-refractivity contribution < 1.29 is 9.18 Å². The molecule has 0 saturated carbocycles. The molecule has 0 aliphatic heterocycles. The lowest BCUT2D eigenvalue weighted by Gasteiger charge is -2.08. The van der Waals surface area contributed by atoms with E-state index < -0.39 is 11.7 Å². The first-order valence-electron chi connectivity index (χ1n) is 5.81. The molecular weight excluding hydrogens is 309 g/mol. The van der Waals surface area contributed by atoms with Gasteiger partial charge in [0.15, 0.2) is 0 Å². The minimum absolute atomic E-state index is 0.0561. The Morgan fingerprint density at radius 3 is 2.58 bits per heavy atom. The van der Waals surface area contributed by atoms with E-state index in [1.807, 2.05) is 26.0 Å². The van der Waals surface area contributed by atoms with Gasteiger partial charge in [-0.1, -0.05) is 27.6 Å². The van der Waals surface area contributed by atoms with Gasteiger partial charge >= 0.3 is 0 Å². The van der Waals surface area contributed by atoms with E-state index in [2.05, 4.69) is 21.2 Å². The normalized spacial score (nSPS) is 10.3. The summed E-state index contributed by atoms with van der Waals surface area (Å²) in [5, 5.41) is 2.69. The highest BCUT2D eigenvalue weighted by atomic mass is 79.9. The average Bonchev–Trinajstić information content (AvgIpc) is 2.36. The van der Waals surface area contributed by atoms with Gasteiger partial charge in [-0.3, -0.25) is 4.79 Å². The van der Waals surface area contributed by atoms with Crippen LogP contribution in [0.2, 0.25) is 0 Å². The zero-order valence-electron chi connectivity index (χ0n) is 10.6. The first-order chi connectivity index (χ1) is 8.97. The first-order valence-corrected chi connectivity index (χ1v) is 6.60. The number of carbonyl (C=O) groups excluding carboxylic acids is 1. The molecule has 0 aliphatic carbocycles. The van der Waals surface area contributed by atoms with E-state index >= 15 is 0 Å². The van der Waals surface area contributed by atoms with Crippen LogP contribution in [0.3, 0.4) is 0 Å². The molecule has 2 aromatic rings. The molecule has 0 saturated heterocycles. The van der Waals surface area contributed by atoms with Crippen LogP contribution >= 0.6 is 15.9 Å². The Morgan fingerprint density at radius 1 is 1.16 bits per heavy atom. The summed E-state index contributed by atoms with van der Waals surface area (Å²) in [6.07, 6.45) is 0. The Bertz CT molecular complexity index is 640. The third kappa shape index (κ3) is 3.20. The van der Waals surface area contributed by atoms with Crippen molar-refractivity contribution >= 4 is 27.5 Å². The van der Waals surface area contributed by atoms with Crippen LogP contribution in [0.15, 0.2) is 40.9 Å². The maximum atomic E-state index is 13.6. The van der Waals surface area contributed by atoms with Gasteiger partial charge in [0, 0.05) is 10.2 Å². The predicted octanol–water partition coefficient (Wildman–Crippen LogP) is 4.46. The lowest BCUT2D eigenvalue weighted by Crippen LogP contribution is -2.14. The zero-order chi connectivity index (χ0) is 14.0. The molecular formula is C15H13BrFNO. The van der Waals surface area contributed by atoms with Gasteiger partial charge in [-0.05, 0) is 49.7 Å². The number of anilines is 1. The van der Waals surface area contributed by atoms with Crippen LogP contribution in [-0.2, 0) is 0 Å². The zero-order valence-corrected chi connectivity index (χ0v) is 12.2. The van der Waals surface area contributed by atoms with Crippen LogP contribution in [0.5, 0.6) is 0 Å². The summed E-state index contributed by atoms with van der Waals surface area (Å²) in [4.78, 5) is 12.0. The van der Waals surface area contributed by atoms with Gasteiger partial charge in [-0.15, -0.1) is 0 Å². The molecule has 2 aromatic carbocycles. The lowest BCUT2D eigenvalue weighted by molar-refractivity contribution is 0.102. The van der Waals surface area contributed by atoms with E-state index in [4.69, 9.17) is 0 Å². The number of halogens is 2. The maximum absolute atomic E-state index is 13.6. The summed E-state index contributed by atoms with van der Waals surface area (Å²) in [5.74, 6) is -0.958. The van der Waals surface area contributed by atoms with Crippen molar-refractivity contribution in [1.29, 1.82) is 0 Å². The minimum Gasteiger partial charge on any atom is -0.322 e. The molecule has 19 heavy (non-hydrogen) atoms. The molecule has 1 amide bonds. The van der Waals surface area contributed by atoms with Crippen LogP contribution in [0.1, 0.15) is 21.5 Å². The monoisotopic (exact) mass is 321 g/mol. The summed E-state index contributed by atoms with van der Waals surface area (Å²) in [6.45, 7) is 3.74. The van der Waals surface area contributed by atoms with Crippen LogP contribution in [0.25, 0.3) is 0 Å². The fraction of sp³-hybridized carbons (Fsp3) is 0.133. The standard InChI is InChI=1S/C15H13BrFNO/c1-9-3-6-14(17)12(7-9)15(19)18-11-4-5-13(16)10(2)8-11/h3-8H,1-2H3,(H,18,19). The van der Waals surface area contributed by atoms with E-state index in [0.29, 0.717) is 5.69 Å². The SMILES string of the molecule is Cc1ccc(F)c(C(=O)Nc2ccc(Br)c(C)c2)c1. The third-order valence-electron chi connectivity index (χ3n) is 2.78. The number of benzene rings is 2. The van der Waals surface area contributed by atoms with Crippen molar-refractivity contribution in [1.82, 2.24) is 0 Å². The molecule has 0 radical (unpaired) electrons. The average molecular weight is 322 g/mol. The highest BCUT2D eigenvalue weighted by Gasteiger charge is 2.12. The van der Waals surface area contributed by atoms with Crippen molar-refractivity contribution in [3.8, 4) is 0 Å². The maximum Gasteiger partial charge on any atom is 0.258 e. The summed E-state index contributed by atoms with van der Waals surface area (Å²) in [6, 6.07) is 9.92. The molecule has 98 valence electrons. The number of nitrogens with one attached hydrogen (secondary N) is 1. The van der Waals surface area contributed by atoms with Crippen LogP contribution in [-0.4, -0.2) is 5.91 Å². The second-order valence-electron chi connectivity index (χ2n) is 4.40. The number of hydrogen-bond acceptors (Lipinski definition) is 1. The molecule has 0 aromatic heterocycles. The van der Waals surface area contributed by atoms with Gasteiger partial charge in [0.2, 0.25) is 0 Å². The number of hydrogen-bond donors (Lipinski definition) is 1. The van der Waals surface area contributed by atoms with Gasteiger partial charge in [-0.25, -0.2) is 4.39 Å². The minimum atomic E-state index is -0.517. The van der Waals surface area contributed by atoms with Gasteiger partial charge in [0.05, 0.1) is 5.56 Å². The fourth-order valence-electron chi connectivity index (χ4n) is 1.73. The molecule has 1 N–H and O–H groups in total. The van der Waals surface area contributed by atoms with E-state index in [1.165, 1.54) is 12.1 Å². The third-order valence-corrected chi connectivity index (χ3v) is 3.67. The summed E-state index contributed by atoms with van der Waals surface area (Å²) < 4.78 is 14.6. The Hall–Kier alpha value is -1.68. The first kappa shape index (κ1) is 13.7. The summed E-state index contributed by atoms with van der Waals surface area (Å²) in [7, 11) is 0. The summed E-state index contributed by atoms with van der Waals surface area (Å²) >= 11 is 3.39. The molecule has 0 fully saturated rings. The van der Waals surface area contributed by atoms with Crippen LogP contribution < -0.4 is 5.32 Å². The number of rotatable bonds is 2. The molecule has 0 unspecified atom stereocenters. The Morgan fingerprint density at radius 2 is 1.89 bits per heavy atom. The van der Waals surface area contributed by atoms with Crippen molar-refractivity contribution in [3.63, 3.8) is 0 Å². The van der Waals surface area contributed by atoms with Crippen LogP contribution in [0, 0.1) is 19.7 Å². The Kier molecular flexibility index (Phi) is 4.00. The van der Waals surface area contributed by atoms with E-state index in [0.717, 1.165) is 15.6 Å². The Labute approximate surface area is 119 Å². The molecule has 0 bridgehead atoms. The van der Waals surface area contributed by atoms with Crippen molar-refractivity contribution in [2.45, 2.75) is 13.8 Å². The topological polar surface area (TPSA) is 29.1 Å². The largest absolute Gasteiger partial charge is 0.322 e. The molecule has 4 heteroatoms.